The van der Waals surface area contributed by atoms with Crippen molar-refractivity contribution in [2.75, 3.05) is 0 Å². The number of benzene rings is 1. The highest BCUT2D eigenvalue weighted by atomic mass is 35.7. The van der Waals surface area contributed by atoms with Gasteiger partial charge in [-0.1, -0.05) is 5.16 Å². The first-order chi connectivity index (χ1) is 9.77. The Hall–Kier alpha value is -2.13. The minimum absolute atomic E-state index is 0.0333. The van der Waals surface area contributed by atoms with Crippen LogP contribution in [0.2, 0.25) is 0 Å². The van der Waals surface area contributed by atoms with Gasteiger partial charge >= 0.3 is 5.97 Å². The van der Waals surface area contributed by atoms with Crippen molar-refractivity contribution in [3.63, 3.8) is 0 Å². The third-order valence-electron chi connectivity index (χ3n) is 2.39. The highest BCUT2D eigenvalue weighted by Gasteiger charge is 2.18. The molecule has 0 aliphatic heterocycles. The molecule has 10 heteroatoms. The van der Waals surface area contributed by atoms with Crippen LogP contribution < -0.4 is 4.74 Å². The molecule has 112 valence electrons. The molecule has 0 fully saturated rings. The highest BCUT2D eigenvalue weighted by Crippen LogP contribution is 2.25. The molecule has 0 amide bonds. The van der Waals surface area contributed by atoms with E-state index in [-0.39, 0.29) is 28.6 Å². The van der Waals surface area contributed by atoms with Gasteiger partial charge in [0.05, 0.1) is 4.90 Å². The number of aromatic carboxylic acids is 1. The summed E-state index contributed by atoms with van der Waals surface area (Å²) in [6.07, 6.45) is 0. The molecule has 0 radical (unpaired) electrons. The zero-order chi connectivity index (χ0) is 15.6. The number of carboxylic acids is 1. The maximum absolute atomic E-state index is 11.2. The summed E-state index contributed by atoms with van der Waals surface area (Å²) in [6.45, 7) is 1.48. The van der Waals surface area contributed by atoms with E-state index in [0.29, 0.717) is 5.89 Å². The van der Waals surface area contributed by atoms with Crippen molar-refractivity contribution in [1.29, 1.82) is 0 Å². The third kappa shape index (κ3) is 3.70. The lowest BCUT2D eigenvalue weighted by Gasteiger charge is -2.08. The van der Waals surface area contributed by atoms with Gasteiger partial charge in [-0.25, -0.2) is 13.2 Å². The van der Waals surface area contributed by atoms with Crippen molar-refractivity contribution >= 4 is 25.7 Å². The quantitative estimate of drug-likeness (QED) is 0.819. The van der Waals surface area contributed by atoms with Gasteiger partial charge in [0.1, 0.15) is 11.3 Å². The van der Waals surface area contributed by atoms with Crippen molar-refractivity contribution in [2.24, 2.45) is 0 Å². The second kappa shape index (κ2) is 5.70. The molecule has 2 aromatic rings. The number of nitrogens with zero attached hydrogens (tertiary/aromatic N) is 2. The predicted molar refractivity (Wildman–Crippen MR) is 69.8 cm³/mol. The lowest BCUT2D eigenvalue weighted by atomic mass is 10.2. The monoisotopic (exact) mass is 332 g/mol. The van der Waals surface area contributed by atoms with Gasteiger partial charge < -0.3 is 14.4 Å². The molecule has 21 heavy (non-hydrogen) atoms. The molecular weight excluding hydrogens is 324 g/mol. The van der Waals surface area contributed by atoms with Crippen LogP contribution in [0.1, 0.15) is 22.1 Å². The smallest absolute Gasteiger partial charge is 0.339 e. The first kappa shape index (κ1) is 15.3. The maximum atomic E-state index is 11.2. The van der Waals surface area contributed by atoms with Crippen LogP contribution in [0.15, 0.2) is 27.6 Å². The molecule has 0 saturated heterocycles. The Morgan fingerprint density at radius 3 is 2.71 bits per heavy atom. The van der Waals surface area contributed by atoms with Gasteiger partial charge in [0, 0.05) is 17.6 Å². The topological polar surface area (TPSA) is 120 Å². The number of hydrogen-bond acceptors (Lipinski definition) is 7. The van der Waals surface area contributed by atoms with E-state index in [1.807, 2.05) is 0 Å². The Labute approximate surface area is 123 Å². The van der Waals surface area contributed by atoms with Crippen molar-refractivity contribution in [3.8, 4) is 5.75 Å². The summed E-state index contributed by atoms with van der Waals surface area (Å²) in [7, 11) is 1.14. The van der Waals surface area contributed by atoms with E-state index in [1.54, 1.807) is 6.92 Å². The SMILES string of the molecule is Cc1nc(COc2ccc(S(=O)(=O)Cl)cc2C(=O)O)no1. The van der Waals surface area contributed by atoms with Crippen LogP contribution in [0.3, 0.4) is 0 Å². The molecule has 1 N–H and O–H groups in total. The number of carbonyl (C=O) groups is 1. The van der Waals surface area contributed by atoms with Crippen molar-refractivity contribution in [3.05, 3.63) is 35.5 Å². The van der Waals surface area contributed by atoms with Crippen LogP contribution >= 0.6 is 10.7 Å². The Morgan fingerprint density at radius 1 is 1.48 bits per heavy atom. The first-order valence-electron chi connectivity index (χ1n) is 5.51. The molecule has 0 bridgehead atoms. The molecule has 8 nitrogen and oxygen atoms in total. The largest absolute Gasteiger partial charge is 0.485 e. The van der Waals surface area contributed by atoms with Gasteiger partial charge in [-0.05, 0) is 18.2 Å². The molecule has 1 aromatic carbocycles. The van der Waals surface area contributed by atoms with Crippen LogP contribution in [0.4, 0.5) is 0 Å². The van der Waals surface area contributed by atoms with E-state index in [0.717, 1.165) is 12.1 Å². The standard InChI is InChI=1S/C11H9ClN2O6S/c1-6-13-10(14-20-6)5-19-9-3-2-7(21(12,17)18)4-8(9)11(15)16/h2-4H,5H2,1H3,(H,15,16). The Bertz CT molecular complexity index is 786. The Kier molecular flexibility index (Phi) is 4.14. The molecule has 1 aromatic heterocycles. The normalized spacial score (nSPS) is 11.3. The molecule has 0 saturated carbocycles. The first-order valence-corrected chi connectivity index (χ1v) is 7.82. The second-order valence-electron chi connectivity index (χ2n) is 3.92. The van der Waals surface area contributed by atoms with E-state index in [9.17, 15) is 13.2 Å². The summed E-state index contributed by atoms with van der Waals surface area (Å²) in [5.74, 6) is -0.806. The van der Waals surface area contributed by atoms with Crippen molar-refractivity contribution < 1.29 is 27.6 Å². The van der Waals surface area contributed by atoms with Gasteiger partial charge in [-0.15, -0.1) is 0 Å². The van der Waals surface area contributed by atoms with Gasteiger partial charge in [-0.3, -0.25) is 0 Å². The van der Waals surface area contributed by atoms with E-state index >= 15 is 0 Å². The van der Waals surface area contributed by atoms with Gasteiger partial charge in [-0.2, -0.15) is 4.98 Å². The number of carboxylic acid groups (broad SMARTS) is 1. The van der Waals surface area contributed by atoms with Crippen LogP contribution in [0.25, 0.3) is 0 Å². The number of hydrogen-bond donors (Lipinski definition) is 1. The van der Waals surface area contributed by atoms with Crippen LogP contribution in [-0.4, -0.2) is 29.6 Å². The van der Waals surface area contributed by atoms with E-state index < -0.39 is 15.0 Å². The summed E-state index contributed by atoms with van der Waals surface area (Å²) in [4.78, 5) is 14.7. The number of ether oxygens (including phenoxy) is 1. The average molecular weight is 333 g/mol. The molecule has 0 aliphatic rings. The van der Waals surface area contributed by atoms with E-state index in [4.69, 9.17) is 25.0 Å². The van der Waals surface area contributed by atoms with Gasteiger partial charge in [0.2, 0.25) is 11.7 Å². The summed E-state index contributed by atoms with van der Waals surface area (Å²) in [5, 5.41) is 12.7. The lowest BCUT2D eigenvalue weighted by molar-refractivity contribution is 0.0691. The van der Waals surface area contributed by atoms with E-state index in [2.05, 4.69) is 10.1 Å². The lowest BCUT2D eigenvalue weighted by Crippen LogP contribution is -2.06. The highest BCUT2D eigenvalue weighted by molar-refractivity contribution is 8.13. The van der Waals surface area contributed by atoms with Crippen molar-refractivity contribution in [1.82, 2.24) is 10.1 Å². The maximum Gasteiger partial charge on any atom is 0.339 e. The molecular formula is C11H9ClN2O6S. The van der Waals surface area contributed by atoms with Gasteiger partial charge in [0.25, 0.3) is 9.05 Å². The zero-order valence-electron chi connectivity index (χ0n) is 10.6. The molecule has 0 unspecified atom stereocenters. The minimum Gasteiger partial charge on any atom is -0.485 e. The average Bonchev–Trinajstić information content (AvgIpc) is 2.80. The summed E-state index contributed by atoms with van der Waals surface area (Å²) < 4.78 is 32.4. The van der Waals surface area contributed by atoms with Crippen molar-refractivity contribution in [2.45, 2.75) is 18.4 Å². The van der Waals surface area contributed by atoms with Crippen LogP contribution in [0, 0.1) is 6.92 Å². The molecule has 0 aliphatic carbocycles. The molecule has 0 spiro atoms. The number of aromatic nitrogens is 2. The predicted octanol–water partition coefficient (Wildman–Crippen LogP) is 1.58. The summed E-state index contributed by atoms with van der Waals surface area (Å²) >= 11 is 0. The van der Waals surface area contributed by atoms with E-state index in [1.165, 1.54) is 6.07 Å². The van der Waals surface area contributed by atoms with Crippen LogP contribution in [0.5, 0.6) is 5.75 Å². The molecule has 2 rings (SSSR count). The fraction of sp³-hybridized carbons (Fsp3) is 0.182. The third-order valence-corrected chi connectivity index (χ3v) is 3.74. The number of aryl methyl sites for hydroxylation is 1. The summed E-state index contributed by atoms with van der Waals surface area (Å²) in [5.41, 5.74) is -0.336. The fourth-order valence-electron chi connectivity index (χ4n) is 1.50. The Balaban J connectivity index is 2.28. The Morgan fingerprint density at radius 2 is 2.19 bits per heavy atom. The fourth-order valence-corrected chi connectivity index (χ4v) is 2.27. The number of rotatable bonds is 5. The summed E-state index contributed by atoms with van der Waals surface area (Å²) in [6, 6.07) is 3.26. The number of halogens is 1. The molecule has 0 atom stereocenters. The minimum atomic E-state index is -4.03. The molecule has 1 heterocycles. The second-order valence-corrected chi connectivity index (χ2v) is 6.49. The van der Waals surface area contributed by atoms with Gasteiger partial charge in [0.15, 0.2) is 6.61 Å². The zero-order valence-corrected chi connectivity index (χ0v) is 12.2. The van der Waals surface area contributed by atoms with Crippen LogP contribution in [-0.2, 0) is 15.7 Å².